The molecule has 5 nitrogen and oxygen atoms in total. The molecule has 1 aromatic heterocycles. The Morgan fingerprint density at radius 3 is 2.38 bits per heavy atom. The highest BCUT2D eigenvalue weighted by atomic mass is 16.4. The third-order valence-corrected chi connectivity index (χ3v) is 1.56. The normalized spacial score (nSPS) is 9.62. The lowest BCUT2D eigenvalue weighted by atomic mass is 10.1. The quantitative estimate of drug-likeness (QED) is 0.704. The number of carboxylic acids is 2. The fraction of sp³-hybridized carbons (Fsp3) is 0.125. The van der Waals surface area contributed by atoms with Gasteiger partial charge in [0.15, 0.2) is 0 Å². The Hall–Kier alpha value is -1.91. The second-order valence-corrected chi connectivity index (χ2v) is 2.47. The topological polar surface area (TPSA) is 87.5 Å². The maximum Gasteiger partial charge on any atom is 0.337 e. The van der Waals surface area contributed by atoms with Gasteiger partial charge in [0.2, 0.25) is 0 Å². The number of nitrogens with zero attached hydrogens (tertiary/aromatic N) is 1. The summed E-state index contributed by atoms with van der Waals surface area (Å²) in [6, 6.07) is 1.09. The first-order valence-electron chi connectivity index (χ1n) is 3.45. The van der Waals surface area contributed by atoms with Crippen LogP contribution in [0.2, 0.25) is 0 Å². The van der Waals surface area contributed by atoms with Crippen molar-refractivity contribution in [1.82, 2.24) is 4.98 Å². The predicted octanol–water partition coefficient (Wildman–Crippen LogP) is 0.786. The molecule has 1 aromatic rings. The molecular formula is C8H7NO4. The van der Waals surface area contributed by atoms with Crippen LogP contribution in [0.4, 0.5) is 0 Å². The van der Waals surface area contributed by atoms with Gasteiger partial charge in [0.25, 0.3) is 0 Å². The molecule has 0 aromatic carbocycles. The van der Waals surface area contributed by atoms with E-state index in [4.69, 9.17) is 10.2 Å². The minimum absolute atomic E-state index is 0.0834. The van der Waals surface area contributed by atoms with Crippen LogP contribution in [0, 0.1) is 6.92 Å². The highest BCUT2D eigenvalue weighted by Crippen LogP contribution is 2.07. The molecule has 1 heterocycles. The Morgan fingerprint density at radius 2 is 1.92 bits per heavy atom. The van der Waals surface area contributed by atoms with Crippen molar-refractivity contribution in [1.29, 1.82) is 0 Å². The number of aromatic nitrogens is 1. The lowest BCUT2D eigenvalue weighted by Crippen LogP contribution is -2.06. The van der Waals surface area contributed by atoms with Crippen LogP contribution in [-0.2, 0) is 0 Å². The summed E-state index contributed by atoms with van der Waals surface area (Å²) in [5, 5.41) is 17.2. The summed E-state index contributed by atoms with van der Waals surface area (Å²) in [4.78, 5) is 24.7. The van der Waals surface area contributed by atoms with Crippen molar-refractivity contribution in [2.45, 2.75) is 6.92 Å². The predicted molar refractivity (Wildman–Crippen MR) is 42.9 cm³/mol. The first kappa shape index (κ1) is 9.18. The summed E-state index contributed by atoms with van der Waals surface area (Å²) in [7, 11) is 0. The first-order valence-corrected chi connectivity index (χ1v) is 3.45. The molecule has 2 N–H and O–H groups in total. The number of carboxylic acid groups (broad SMARTS) is 2. The van der Waals surface area contributed by atoms with Crippen molar-refractivity contribution < 1.29 is 19.8 Å². The average molecular weight is 181 g/mol. The van der Waals surface area contributed by atoms with E-state index in [9.17, 15) is 9.59 Å². The molecule has 0 aliphatic heterocycles. The van der Waals surface area contributed by atoms with Crippen LogP contribution >= 0.6 is 0 Å². The summed E-state index contributed by atoms with van der Waals surface area (Å²) >= 11 is 0. The van der Waals surface area contributed by atoms with E-state index in [0.29, 0.717) is 5.69 Å². The van der Waals surface area contributed by atoms with E-state index < -0.39 is 11.9 Å². The summed E-state index contributed by atoms with van der Waals surface area (Å²) in [6.07, 6.45) is 1.13. The van der Waals surface area contributed by atoms with Crippen molar-refractivity contribution in [2.24, 2.45) is 0 Å². The van der Waals surface area contributed by atoms with Gasteiger partial charge < -0.3 is 10.2 Å². The molecule has 13 heavy (non-hydrogen) atoms. The van der Waals surface area contributed by atoms with Crippen LogP contribution in [0.15, 0.2) is 12.3 Å². The van der Waals surface area contributed by atoms with Gasteiger partial charge in [-0.1, -0.05) is 0 Å². The molecule has 0 unspecified atom stereocenters. The van der Waals surface area contributed by atoms with Crippen LogP contribution < -0.4 is 0 Å². The monoisotopic (exact) mass is 181 g/mol. The van der Waals surface area contributed by atoms with E-state index in [1.165, 1.54) is 6.92 Å². The van der Waals surface area contributed by atoms with Crippen molar-refractivity contribution in [3.63, 3.8) is 0 Å². The second kappa shape index (κ2) is 3.22. The number of rotatable bonds is 2. The summed E-state index contributed by atoms with van der Waals surface area (Å²) < 4.78 is 0. The largest absolute Gasteiger partial charge is 0.478 e. The van der Waals surface area contributed by atoms with Crippen molar-refractivity contribution in [3.05, 3.63) is 29.1 Å². The minimum Gasteiger partial charge on any atom is -0.478 e. The van der Waals surface area contributed by atoms with Gasteiger partial charge in [0.1, 0.15) is 0 Å². The Bertz CT molecular complexity index is 372. The molecule has 5 heteroatoms. The van der Waals surface area contributed by atoms with E-state index >= 15 is 0 Å². The molecule has 0 saturated heterocycles. The van der Waals surface area contributed by atoms with E-state index in [2.05, 4.69) is 4.98 Å². The van der Waals surface area contributed by atoms with Crippen molar-refractivity contribution >= 4 is 11.9 Å². The van der Waals surface area contributed by atoms with Gasteiger partial charge >= 0.3 is 11.9 Å². The lowest BCUT2D eigenvalue weighted by molar-refractivity contribution is 0.0695. The second-order valence-electron chi connectivity index (χ2n) is 2.47. The molecule has 0 bridgehead atoms. The first-order chi connectivity index (χ1) is 6.02. The average Bonchev–Trinajstić information content (AvgIpc) is 2.04. The van der Waals surface area contributed by atoms with Gasteiger partial charge in [0, 0.05) is 6.20 Å². The Labute approximate surface area is 73.7 Å². The fourth-order valence-corrected chi connectivity index (χ4v) is 0.867. The smallest absolute Gasteiger partial charge is 0.337 e. The summed E-state index contributed by atoms with van der Waals surface area (Å²) in [5.41, 5.74) is 0.0976. The van der Waals surface area contributed by atoms with E-state index in [1.807, 2.05) is 0 Å². The number of hydrogen-bond donors (Lipinski definition) is 2. The van der Waals surface area contributed by atoms with Crippen LogP contribution in [0.3, 0.4) is 0 Å². The fourth-order valence-electron chi connectivity index (χ4n) is 0.867. The summed E-state index contributed by atoms with van der Waals surface area (Å²) in [5.74, 6) is -2.36. The lowest BCUT2D eigenvalue weighted by Gasteiger charge is -2.00. The van der Waals surface area contributed by atoms with E-state index in [1.54, 1.807) is 0 Å². The molecule has 0 spiro atoms. The molecule has 0 aliphatic rings. The van der Waals surface area contributed by atoms with Gasteiger partial charge in [-0.25, -0.2) is 9.59 Å². The molecule has 0 aliphatic carbocycles. The van der Waals surface area contributed by atoms with Gasteiger partial charge in [-0.15, -0.1) is 0 Å². The van der Waals surface area contributed by atoms with Gasteiger partial charge in [-0.2, -0.15) is 0 Å². The third kappa shape index (κ3) is 1.81. The number of hydrogen-bond acceptors (Lipinski definition) is 3. The minimum atomic E-state index is -1.19. The Balaban J connectivity index is 3.27. The van der Waals surface area contributed by atoms with Gasteiger partial charge in [-0.05, 0) is 13.0 Å². The third-order valence-electron chi connectivity index (χ3n) is 1.56. The van der Waals surface area contributed by atoms with Crippen LogP contribution in [0.5, 0.6) is 0 Å². The van der Waals surface area contributed by atoms with Crippen LogP contribution in [-0.4, -0.2) is 27.1 Å². The molecular weight excluding hydrogens is 174 g/mol. The van der Waals surface area contributed by atoms with Gasteiger partial charge in [-0.3, -0.25) is 4.98 Å². The standard InChI is InChI=1S/C8H7NO4/c1-4-6(8(12)13)2-5(3-9-4)7(10)11/h2-3H,1H3,(H,10,11)(H,12,13). The molecule has 0 fully saturated rings. The maximum absolute atomic E-state index is 10.6. The van der Waals surface area contributed by atoms with E-state index in [0.717, 1.165) is 12.3 Å². The van der Waals surface area contributed by atoms with Crippen molar-refractivity contribution in [2.75, 3.05) is 0 Å². The Kier molecular flexibility index (Phi) is 2.27. The molecule has 0 atom stereocenters. The zero-order valence-electron chi connectivity index (χ0n) is 6.81. The van der Waals surface area contributed by atoms with Gasteiger partial charge in [0.05, 0.1) is 16.8 Å². The molecule has 1 rings (SSSR count). The SMILES string of the molecule is Cc1ncc(C(=O)O)cc1C(=O)O. The molecule has 0 radical (unpaired) electrons. The Morgan fingerprint density at radius 1 is 1.31 bits per heavy atom. The van der Waals surface area contributed by atoms with Crippen LogP contribution in [0.1, 0.15) is 26.4 Å². The van der Waals surface area contributed by atoms with Crippen molar-refractivity contribution in [3.8, 4) is 0 Å². The molecule has 68 valence electrons. The summed E-state index contributed by atoms with van der Waals surface area (Å²) in [6.45, 7) is 1.51. The number of pyridine rings is 1. The van der Waals surface area contributed by atoms with Crippen LogP contribution in [0.25, 0.3) is 0 Å². The van der Waals surface area contributed by atoms with E-state index in [-0.39, 0.29) is 11.1 Å². The highest BCUT2D eigenvalue weighted by molar-refractivity contribution is 5.93. The number of carbonyl (C=O) groups is 2. The maximum atomic E-state index is 10.6. The highest BCUT2D eigenvalue weighted by Gasteiger charge is 2.11. The zero-order chi connectivity index (χ0) is 10.0. The number of aryl methyl sites for hydroxylation is 1. The number of aromatic carboxylic acids is 2. The zero-order valence-corrected chi connectivity index (χ0v) is 6.81. The molecule has 0 saturated carbocycles. The molecule has 0 amide bonds.